The zero-order chi connectivity index (χ0) is 30.3. The van der Waals surface area contributed by atoms with Gasteiger partial charge in [-0.3, -0.25) is 14.4 Å². The Balaban J connectivity index is 1.27. The van der Waals surface area contributed by atoms with E-state index in [1.54, 1.807) is 12.1 Å². The van der Waals surface area contributed by atoms with E-state index in [1.165, 1.54) is 6.26 Å². The average Bonchev–Trinajstić information content (AvgIpc) is 3.60. The molecule has 5 rings (SSSR count). The number of carbonyl (C=O) groups is 3. The summed E-state index contributed by atoms with van der Waals surface area (Å²) in [6, 6.07) is 5.41. The number of aromatic nitrogens is 1. The molecule has 10 heteroatoms. The Bertz CT molecular complexity index is 1410. The molecule has 2 saturated heterocycles. The molecule has 3 amide bonds. The van der Waals surface area contributed by atoms with Gasteiger partial charge in [-0.15, -0.1) is 0 Å². The Morgan fingerprint density at radius 1 is 1.14 bits per heavy atom. The lowest BCUT2D eigenvalue weighted by molar-refractivity contribution is -0.127. The standard InChI is InChI=1S/C33H42N6O4/c1-4-5-8-23(2)24(3)37-17-19-38(20-18-37)29-13-12-26(31(41)34-14-7-16-39-15-6-9-30(39)40)21-27(29)35-32(42)28-22-43-33(36-28)25-10-11-25/h4-5,8,12-13,21-22,25H,3,6-7,9-11,14-20H2,1-2H3,(H,34,41)(H,35,42)/b5-4-,23-8-. The molecular formula is C33H42N6O4. The van der Waals surface area contributed by atoms with E-state index in [9.17, 15) is 14.4 Å². The van der Waals surface area contributed by atoms with Crippen molar-refractivity contribution in [3.63, 3.8) is 0 Å². The van der Waals surface area contributed by atoms with Crippen LogP contribution in [-0.4, -0.2) is 78.3 Å². The molecule has 2 aliphatic heterocycles. The SMILES string of the molecule is C=C(/C(C)=C\C=C/C)N1CCN(c2ccc(C(=O)NCCCN3CCCC3=O)cc2NC(=O)c2coc(C3CC3)n2)CC1. The Kier molecular flexibility index (Phi) is 9.64. The maximum absolute atomic E-state index is 13.2. The van der Waals surface area contributed by atoms with Crippen molar-refractivity contribution < 1.29 is 18.8 Å². The molecule has 1 aromatic carbocycles. The van der Waals surface area contributed by atoms with Gasteiger partial charge in [-0.25, -0.2) is 4.98 Å². The predicted octanol–water partition coefficient (Wildman–Crippen LogP) is 4.70. The van der Waals surface area contributed by atoms with E-state index in [4.69, 9.17) is 4.42 Å². The summed E-state index contributed by atoms with van der Waals surface area (Å²) in [4.78, 5) is 48.9. The van der Waals surface area contributed by atoms with Crippen LogP contribution in [0.1, 0.15) is 78.6 Å². The van der Waals surface area contributed by atoms with Crippen molar-refractivity contribution in [3.05, 3.63) is 77.7 Å². The second-order valence-corrected chi connectivity index (χ2v) is 11.4. The first-order valence-electron chi connectivity index (χ1n) is 15.3. The van der Waals surface area contributed by atoms with Gasteiger partial charge in [0.1, 0.15) is 6.26 Å². The predicted molar refractivity (Wildman–Crippen MR) is 167 cm³/mol. The first-order chi connectivity index (χ1) is 20.8. The van der Waals surface area contributed by atoms with Gasteiger partial charge in [0, 0.05) is 69.4 Å². The van der Waals surface area contributed by atoms with Gasteiger partial charge in [0.2, 0.25) is 5.91 Å². The van der Waals surface area contributed by atoms with Crippen LogP contribution >= 0.6 is 0 Å². The number of likely N-dealkylation sites (tertiary alicyclic amines) is 1. The van der Waals surface area contributed by atoms with Crippen LogP contribution in [0.25, 0.3) is 0 Å². The number of allylic oxidation sites excluding steroid dienone is 4. The van der Waals surface area contributed by atoms with E-state index < -0.39 is 0 Å². The van der Waals surface area contributed by atoms with Gasteiger partial charge in [0.05, 0.1) is 11.4 Å². The van der Waals surface area contributed by atoms with Crippen molar-refractivity contribution in [1.29, 1.82) is 0 Å². The fourth-order valence-corrected chi connectivity index (χ4v) is 5.47. The Labute approximate surface area is 253 Å². The maximum Gasteiger partial charge on any atom is 0.277 e. The Morgan fingerprint density at radius 3 is 2.63 bits per heavy atom. The molecule has 1 aliphatic carbocycles. The molecule has 1 aromatic heterocycles. The number of nitrogens with one attached hydrogen (secondary N) is 2. The summed E-state index contributed by atoms with van der Waals surface area (Å²) in [7, 11) is 0. The number of anilines is 2. The minimum atomic E-state index is -0.374. The van der Waals surface area contributed by atoms with Crippen molar-refractivity contribution in [3.8, 4) is 0 Å². The summed E-state index contributed by atoms with van der Waals surface area (Å²) in [5.41, 5.74) is 4.20. The van der Waals surface area contributed by atoms with Crippen molar-refractivity contribution in [2.75, 3.05) is 56.0 Å². The van der Waals surface area contributed by atoms with Gasteiger partial charge in [-0.2, -0.15) is 0 Å². The van der Waals surface area contributed by atoms with Crippen LogP contribution < -0.4 is 15.5 Å². The van der Waals surface area contributed by atoms with Crippen LogP contribution in [-0.2, 0) is 4.79 Å². The highest BCUT2D eigenvalue weighted by Gasteiger charge is 2.30. The molecule has 0 spiro atoms. The van der Waals surface area contributed by atoms with E-state index in [0.29, 0.717) is 49.0 Å². The smallest absolute Gasteiger partial charge is 0.277 e. The lowest BCUT2D eigenvalue weighted by atomic mass is 10.1. The molecule has 228 valence electrons. The maximum atomic E-state index is 13.2. The molecule has 2 N–H and O–H groups in total. The van der Waals surface area contributed by atoms with Crippen LogP contribution in [0.4, 0.5) is 11.4 Å². The topological polar surface area (TPSA) is 111 Å². The van der Waals surface area contributed by atoms with Gasteiger partial charge >= 0.3 is 0 Å². The van der Waals surface area contributed by atoms with Crippen LogP contribution in [0.2, 0.25) is 0 Å². The normalized spacial score (nSPS) is 17.6. The highest BCUT2D eigenvalue weighted by atomic mass is 16.3. The van der Waals surface area contributed by atoms with Crippen molar-refractivity contribution >= 4 is 29.1 Å². The summed E-state index contributed by atoms with van der Waals surface area (Å²) in [5.74, 6) is 0.488. The van der Waals surface area contributed by atoms with Gasteiger partial charge in [-0.1, -0.05) is 24.8 Å². The molecule has 2 aromatic rings. The number of oxazole rings is 1. The van der Waals surface area contributed by atoms with E-state index in [-0.39, 0.29) is 23.4 Å². The van der Waals surface area contributed by atoms with E-state index >= 15 is 0 Å². The molecule has 3 fully saturated rings. The van der Waals surface area contributed by atoms with Crippen LogP contribution in [0.5, 0.6) is 0 Å². The van der Waals surface area contributed by atoms with Crippen molar-refractivity contribution in [1.82, 2.24) is 20.1 Å². The number of amides is 3. The highest BCUT2D eigenvalue weighted by Crippen LogP contribution is 2.39. The molecule has 0 radical (unpaired) electrons. The number of piperazine rings is 1. The lowest BCUT2D eigenvalue weighted by Gasteiger charge is -2.39. The molecule has 3 aliphatic rings. The quantitative estimate of drug-likeness (QED) is 0.274. The van der Waals surface area contributed by atoms with E-state index in [2.05, 4.69) is 45.0 Å². The zero-order valence-electron chi connectivity index (χ0n) is 25.2. The number of hydrogen-bond donors (Lipinski definition) is 2. The number of carbonyl (C=O) groups excluding carboxylic acids is 3. The van der Waals surface area contributed by atoms with Gasteiger partial charge in [0.25, 0.3) is 11.8 Å². The average molecular weight is 587 g/mol. The molecule has 1 saturated carbocycles. The van der Waals surface area contributed by atoms with E-state index in [0.717, 1.165) is 68.9 Å². The summed E-state index contributed by atoms with van der Waals surface area (Å²) < 4.78 is 5.54. The third-order valence-electron chi connectivity index (χ3n) is 8.25. The van der Waals surface area contributed by atoms with Crippen LogP contribution in [0.15, 0.2) is 65.0 Å². The second-order valence-electron chi connectivity index (χ2n) is 11.4. The first-order valence-corrected chi connectivity index (χ1v) is 15.3. The third kappa shape index (κ3) is 7.55. The Hall–Kier alpha value is -4.34. The minimum Gasteiger partial charge on any atom is -0.448 e. The van der Waals surface area contributed by atoms with E-state index in [1.807, 2.05) is 30.0 Å². The van der Waals surface area contributed by atoms with Crippen LogP contribution in [0.3, 0.4) is 0 Å². The number of nitrogens with zero attached hydrogens (tertiary/aromatic N) is 4. The summed E-state index contributed by atoms with van der Waals surface area (Å²) in [6.07, 6.45) is 11.7. The first kappa shape index (κ1) is 30.1. The summed E-state index contributed by atoms with van der Waals surface area (Å²) in [6.45, 7) is 13.3. The monoisotopic (exact) mass is 586 g/mol. The van der Waals surface area contributed by atoms with Gasteiger partial charge < -0.3 is 29.8 Å². The number of benzene rings is 1. The lowest BCUT2D eigenvalue weighted by Crippen LogP contribution is -2.46. The number of rotatable bonds is 12. The summed E-state index contributed by atoms with van der Waals surface area (Å²) in [5, 5.41) is 5.96. The Morgan fingerprint density at radius 2 is 1.93 bits per heavy atom. The molecular weight excluding hydrogens is 544 g/mol. The molecule has 3 heterocycles. The van der Waals surface area contributed by atoms with Gasteiger partial charge in [0.15, 0.2) is 11.6 Å². The largest absolute Gasteiger partial charge is 0.448 e. The molecule has 0 atom stereocenters. The highest BCUT2D eigenvalue weighted by molar-refractivity contribution is 6.06. The fraction of sp³-hybridized carbons (Fsp3) is 0.455. The molecule has 0 unspecified atom stereocenters. The molecule has 10 nitrogen and oxygen atoms in total. The van der Waals surface area contributed by atoms with Gasteiger partial charge in [-0.05, 0) is 63.3 Å². The van der Waals surface area contributed by atoms with Crippen molar-refractivity contribution in [2.45, 2.75) is 51.9 Å². The minimum absolute atomic E-state index is 0.184. The molecule has 0 bridgehead atoms. The molecule has 43 heavy (non-hydrogen) atoms. The fourth-order valence-electron chi connectivity index (χ4n) is 5.47. The zero-order valence-corrected chi connectivity index (χ0v) is 25.2. The summed E-state index contributed by atoms with van der Waals surface area (Å²) >= 11 is 0. The third-order valence-corrected chi connectivity index (χ3v) is 8.25. The van der Waals surface area contributed by atoms with Crippen LogP contribution in [0, 0.1) is 0 Å². The van der Waals surface area contributed by atoms with Crippen molar-refractivity contribution in [2.24, 2.45) is 0 Å². The second kappa shape index (κ2) is 13.8. The number of hydrogen-bond acceptors (Lipinski definition) is 7.